The van der Waals surface area contributed by atoms with E-state index in [2.05, 4.69) is 25.2 Å². The molecule has 1 nitrogen and oxygen atoms in total. The molecule has 1 aromatic carbocycles. The molecule has 2 rings (SSSR count). The Morgan fingerprint density at radius 2 is 1.83 bits per heavy atom. The molecule has 0 amide bonds. The topological polar surface area (TPSA) is 12.0 Å². The van der Waals surface area contributed by atoms with Crippen LogP contribution >= 0.6 is 0 Å². The smallest absolute Gasteiger partial charge is 0.126 e. The summed E-state index contributed by atoms with van der Waals surface area (Å²) >= 11 is 0. The highest BCUT2D eigenvalue weighted by molar-refractivity contribution is 5.29. The van der Waals surface area contributed by atoms with E-state index in [0.717, 1.165) is 36.8 Å². The van der Waals surface area contributed by atoms with Crippen molar-refractivity contribution in [3.8, 4) is 0 Å². The first-order chi connectivity index (χ1) is 8.61. The van der Waals surface area contributed by atoms with Gasteiger partial charge in [-0.15, -0.1) is 0 Å². The minimum absolute atomic E-state index is 0.00546. The van der Waals surface area contributed by atoms with Crippen LogP contribution in [0.5, 0.6) is 0 Å². The van der Waals surface area contributed by atoms with E-state index in [1.165, 1.54) is 0 Å². The zero-order valence-corrected chi connectivity index (χ0v) is 11.7. The number of hydrogen-bond donors (Lipinski definition) is 1. The maximum absolute atomic E-state index is 14.2. The van der Waals surface area contributed by atoms with Gasteiger partial charge in [-0.1, -0.05) is 26.0 Å². The summed E-state index contributed by atoms with van der Waals surface area (Å²) in [5.74, 6) is 0.804. The standard InChI is InChI=1S/C16H24FN/c1-11(2)13-6-9-15(16(17)10-13)12-4-7-14(18-3)8-5-12/h6,9-12,14,18H,4-5,7-8H2,1-3H3. The first-order valence-corrected chi connectivity index (χ1v) is 7.08. The van der Waals surface area contributed by atoms with Crippen molar-refractivity contribution in [2.45, 2.75) is 57.4 Å². The molecule has 0 aliphatic heterocycles. The first-order valence-electron chi connectivity index (χ1n) is 7.08. The van der Waals surface area contributed by atoms with E-state index < -0.39 is 0 Å². The zero-order valence-electron chi connectivity index (χ0n) is 11.7. The minimum atomic E-state index is -0.00546. The predicted molar refractivity (Wildman–Crippen MR) is 74.5 cm³/mol. The number of nitrogens with one attached hydrogen (secondary N) is 1. The Morgan fingerprint density at radius 3 is 2.33 bits per heavy atom. The highest BCUT2D eigenvalue weighted by Crippen LogP contribution is 2.34. The van der Waals surface area contributed by atoms with E-state index in [9.17, 15) is 4.39 Å². The van der Waals surface area contributed by atoms with E-state index in [-0.39, 0.29) is 5.82 Å². The zero-order chi connectivity index (χ0) is 13.1. The van der Waals surface area contributed by atoms with Crippen LogP contribution < -0.4 is 5.32 Å². The summed E-state index contributed by atoms with van der Waals surface area (Å²) in [6, 6.07) is 6.45. The quantitative estimate of drug-likeness (QED) is 0.846. The highest BCUT2D eigenvalue weighted by Gasteiger charge is 2.23. The summed E-state index contributed by atoms with van der Waals surface area (Å²) in [5, 5.41) is 3.32. The molecule has 1 aliphatic rings. The van der Waals surface area contributed by atoms with E-state index in [0.29, 0.717) is 17.9 Å². The molecule has 100 valence electrons. The molecule has 1 fully saturated rings. The number of rotatable bonds is 3. The van der Waals surface area contributed by atoms with E-state index in [1.807, 2.05) is 13.1 Å². The summed E-state index contributed by atoms with van der Waals surface area (Å²) < 4.78 is 14.2. The Morgan fingerprint density at radius 1 is 1.17 bits per heavy atom. The fourth-order valence-electron chi connectivity index (χ4n) is 2.93. The molecule has 0 radical (unpaired) electrons. The van der Waals surface area contributed by atoms with Crippen LogP contribution in [0.1, 0.15) is 62.5 Å². The number of halogens is 1. The third-order valence-electron chi connectivity index (χ3n) is 4.27. The molecule has 0 saturated heterocycles. The molecule has 0 aromatic heterocycles. The molecule has 18 heavy (non-hydrogen) atoms. The van der Waals surface area contributed by atoms with Crippen molar-refractivity contribution in [3.63, 3.8) is 0 Å². The number of hydrogen-bond acceptors (Lipinski definition) is 1. The molecule has 0 atom stereocenters. The Hall–Kier alpha value is -0.890. The summed E-state index contributed by atoms with van der Waals surface area (Å²) in [4.78, 5) is 0. The van der Waals surface area contributed by atoms with Crippen molar-refractivity contribution in [2.75, 3.05) is 7.05 Å². The SMILES string of the molecule is CNC1CCC(c2ccc(C(C)C)cc2F)CC1. The Kier molecular flexibility index (Phi) is 4.39. The molecule has 1 aliphatic carbocycles. The van der Waals surface area contributed by atoms with Gasteiger partial charge in [0.05, 0.1) is 0 Å². The lowest BCUT2D eigenvalue weighted by molar-refractivity contribution is 0.353. The maximum atomic E-state index is 14.2. The number of benzene rings is 1. The van der Waals surface area contributed by atoms with Crippen LogP contribution in [0, 0.1) is 5.82 Å². The maximum Gasteiger partial charge on any atom is 0.126 e. The van der Waals surface area contributed by atoms with Gasteiger partial charge in [-0.05, 0) is 61.8 Å². The van der Waals surface area contributed by atoms with Gasteiger partial charge in [-0.25, -0.2) is 4.39 Å². The van der Waals surface area contributed by atoms with Crippen LogP contribution in [0.2, 0.25) is 0 Å². The Bertz CT molecular complexity index is 392. The normalized spacial score (nSPS) is 24.5. The molecule has 1 aromatic rings. The summed E-state index contributed by atoms with van der Waals surface area (Å²) in [5.41, 5.74) is 2.02. The van der Waals surface area contributed by atoms with Gasteiger partial charge < -0.3 is 5.32 Å². The molecule has 0 unspecified atom stereocenters. The summed E-state index contributed by atoms with van der Waals surface area (Å²) in [6.45, 7) is 4.21. The fraction of sp³-hybridized carbons (Fsp3) is 0.625. The molecule has 2 heteroatoms. The van der Waals surface area contributed by atoms with Crippen LogP contribution in [0.3, 0.4) is 0 Å². The van der Waals surface area contributed by atoms with Crippen molar-refractivity contribution in [1.29, 1.82) is 0 Å². The first kappa shape index (κ1) is 13.5. The van der Waals surface area contributed by atoms with Crippen molar-refractivity contribution < 1.29 is 4.39 Å². The van der Waals surface area contributed by atoms with Gasteiger partial charge >= 0.3 is 0 Å². The van der Waals surface area contributed by atoms with Crippen LogP contribution in [0.4, 0.5) is 4.39 Å². The van der Waals surface area contributed by atoms with Crippen LogP contribution in [0.15, 0.2) is 18.2 Å². The van der Waals surface area contributed by atoms with Gasteiger partial charge in [0.1, 0.15) is 5.82 Å². The van der Waals surface area contributed by atoms with Gasteiger partial charge in [0.25, 0.3) is 0 Å². The average molecular weight is 249 g/mol. The predicted octanol–water partition coefficient (Wildman–Crippen LogP) is 4.19. The molecular weight excluding hydrogens is 225 g/mol. The van der Waals surface area contributed by atoms with E-state index in [1.54, 1.807) is 6.07 Å². The monoisotopic (exact) mass is 249 g/mol. The second-order valence-electron chi connectivity index (χ2n) is 5.77. The summed E-state index contributed by atoms with van der Waals surface area (Å²) in [7, 11) is 2.02. The molecule has 1 saturated carbocycles. The van der Waals surface area contributed by atoms with Crippen molar-refractivity contribution >= 4 is 0 Å². The lowest BCUT2D eigenvalue weighted by Gasteiger charge is -2.29. The van der Waals surface area contributed by atoms with Crippen LogP contribution in [0.25, 0.3) is 0 Å². The van der Waals surface area contributed by atoms with E-state index >= 15 is 0 Å². The largest absolute Gasteiger partial charge is 0.317 e. The second-order valence-corrected chi connectivity index (χ2v) is 5.77. The molecule has 1 N–H and O–H groups in total. The molecule has 0 heterocycles. The molecule has 0 spiro atoms. The minimum Gasteiger partial charge on any atom is -0.317 e. The van der Waals surface area contributed by atoms with Crippen LogP contribution in [-0.2, 0) is 0 Å². The lowest BCUT2D eigenvalue weighted by Crippen LogP contribution is -2.29. The molecular formula is C16H24FN. The second kappa shape index (κ2) is 5.83. The third kappa shape index (κ3) is 2.92. The Balaban J connectivity index is 2.10. The fourth-order valence-corrected chi connectivity index (χ4v) is 2.93. The highest BCUT2D eigenvalue weighted by atomic mass is 19.1. The van der Waals surface area contributed by atoms with Crippen molar-refractivity contribution in [2.24, 2.45) is 0 Å². The summed E-state index contributed by atoms with van der Waals surface area (Å²) in [6.07, 6.45) is 4.52. The lowest BCUT2D eigenvalue weighted by atomic mass is 9.81. The van der Waals surface area contributed by atoms with E-state index in [4.69, 9.17) is 0 Å². The Labute approximate surface area is 110 Å². The van der Waals surface area contributed by atoms with Gasteiger partial charge in [0.2, 0.25) is 0 Å². The van der Waals surface area contributed by atoms with Gasteiger partial charge in [-0.3, -0.25) is 0 Å². The third-order valence-corrected chi connectivity index (χ3v) is 4.27. The van der Waals surface area contributed by atoms with Gasteiger partial charge in [0.15, 0.2) is 0 Å². The van der Waals surface area contributed by atoms with Gasteiger partial charge in [-0.2, -0.15) is 0 Å². The average Bonchev–Trinajstić information content (AvgIpc) is 2.38. The van der Waals surface area contributed by atoms with Crippen molar-refractivity contribution in [3.05, 3.63) is 35.1 Å². The van der Waals surface area contributed by atoms with Gasteiger partial charge in [0, 0.05) is 6.04 Å². The van der Waals surface area contributed by atoms with Crippen molar-refractivity contribution in [1.82, 2.24) is 5.32 Å². The molecule has 0 bridgehead atoms. The van der Waals surface area contributed by atoms with Crippen LogP contribution in [-0.4, -0.2) is 13.1 Å².